The molecule has 0 fully saturated rings. The summed E-state index contributed by atoms with van der Waals surface area (Å²) >= 11 is 0. The smallest absolute Gasteiger partial charge is 0.325 e. The van der Waals surface area contributed by atoms with Crippen LogP contribution in [0.5, 0.6) is 0 Å². The standard InChI is InChI=1S/C12H14N4O2/c1-9-2-4-10(5-3-9)6-7-11-13-14-15-16(11)8-12(17)18/h2-5H,6-8H2,1H3,(H,17,18). The predicted octanol–water partition coefficient (Wildman–Crippen LogP) is 0.851. The lowest BCUT2D eigenvalue weighted by Crippen LogP contribution is -2.14. The maximum absolute atomic E-state index is 10.6. The molecule has 18 heavy (non-hydrogen) atoms. The van der Waals surface area contributed by atoms with E-state index >= 15 is 0 Å². The normalized spacial score (nSPS) is 10.5. The maximum Gasteiger partial charge on any atom is 0.325 e. The summed E-state index contributed by atoms with van der Waals surface area (Å²) in [5, 5.41) is 19.7. The van der Waals surface area contributed by atoms with Gasteiger partial charge in [-0.3, -0.25) is 4.79 Å². The van der Waals surface area contributed by atoms with Crippen molar-refractivity contribution in [3.63, 3.8) is 0 Å². The Bertz CT molecular complexity index is 533. The lowest BCUT2D eigenvalue weighted by atomic mass is 10.1. The van der Waals surface area contributed by atoms with Crippen LogP contribution in [0.1, 0.15) is 17.0 Å². The molecule has 0 aliphatic heterocycles. The van der Waals surface area contributed by atoms with Crippen molar-refractivity contribution in [2.45, 2.75) is 26.3 Å². The van der Waals surface area contributed by atoms with Crippen molar-refractivity contribution >= 4 is 5.97 Å². The molecule has 0 saturated carbocycles. The monoisotopic (exact) mass is 246 g/mol. The Hall–Kier alpha value is -2.24. The van der Waals surface area contributed by atoms with E-state index in [4.69, 9.17) is 5.11 Å². The van der Waals surface area contributed by atoms with Gasteiger partial charge < -0.3 is 5.11 Å². The van der Waals surface area contributed by atoms with Gasteiger partial charge >= 0.3 is 5.97 Å². The minimum atomic E-state index is -0.945. The number of aliphatic carboxylic acids is 1. The topological polar surface area (TPSA) is 80.9 Å². The molecule has 2 rings (SSSR count). The van der Waals surface area contributed by atoms with Gasteiger partial charge in [0.15, 0.2) is 5.82 Å². The fourth-order valence-electron chi connectivity index (χ4n) is 1.66. The zero-order valence-electron chi connectivity index (χ0n) is 10.1. The molecule has 1 aromatic heterocycles. The van der Waals surface area contributed by atoms with E-state index in [-0.39, 0.29) is 6.54 Å². The van der Waals surface area contributed by atoms with Crippen LogP contribution in [0.25, 0.3) is 0 Å². The Kier molecular flexibility index (Phi) is 3.66. The van der Waals surface area contributed by atoms with E-state index in [1.54, 1.807) is 0 Å². The second-order valence-electron chi connectivity index (χ2n) is 4.13. The summed E-state index contributed by atoms with van der Waals surface area (Å²) in [5.74, 6) is -0.350. The van der Waals surface area contributed by atoms with Gasteiger partial charge in [-0.25, -0.2) is 4.68 Å². The molecule has 1 heterocycles. The summed E-state index contributed by atoms with van der Waals surface area (Å²) in [6.45, 7) is 1.84. The highest BCUT2D eigenvalue weighted by Crippen LogP contribution is 2.06. The highest BCUT2D eigenvalue weighted by atomic mass is 16.4. The number of carbonyl (C=O) groups is 1. The molecule has 0 aliphatic carbocycles. The van der Waals surface area contributed by atoms with Crippen LogP contribution in [0.3, 0.4) is 0 Å². The summed E-state index contributed by atoms with van der Waals surface area (Å²) in [5.41, 5.74) is 2.40. The number of hydrogen-bond acceptors (Lipinski definition) is 4. The highest BCUT2D eigenvalue weighted by Gasteiger charge is 2.09. The minimum Gasteiger partial charge on any atom is -0.480 e. The van der Waals surface area contributed by atoms with Gasteiger partial charge in [0.1, 0.15) is 6.54 Å². The molecule has 0 radical (unpaired) electrons. The molecule has 0 spiro atoms. The van der Waals surface area contributed by atoms with Crippen LogP contribution in [0, 0.1) is 6.92 Å². The molecule has 0 aliphatic rings. The molecule has 0 saturated heterocycles. The van der Waals surface area contributed by atoms with E-state index < -0.39 is 5.97 Å². The van der Waals surface area contributed by atoms with Gasteiger partial charge in [-0.1, -0.05) is 29.8 Å². The van der Waals surface area contributed by atoms with E-state index in [0.717, 1.165) is 6.42 Å². The lowest BCUT2D eigenvalue weighted by Gasteiger charge is -2.02. The third-order valence-corrected chi connectivity index (χ3v) is 2.65. The van der Waals surface area contributed by atoms with Crippen LogP contribution in [0.4, 0.5) is 0 Å². The first-order chi connectivity index (χ1) is 8.65. The molecule has 2 aromatic rings. The Morgan fingerprint density at radius 2 is 2.00 bits per heavy atom. The van der Waals surface area contributed by atoms with Crippen molar-refractivity contribution in [3.8, 4) is 0 Å². The fraction of sp³-hybridized carbons (Fsp3) is 0.333. The molecule has 0 bridgehead atoms. The summed E-state index contributed by atoms with van der Waals surface area (Å²) in [4.78, 5) is 10.6. The first-order valence-electron chi connectivity index (χ1n) is 5.67. The zero-order chi connectivity index (χ0) is 13.0. The van der Waals surface area contributed by atoms with Crippen LogP contribution in [-0.2, 0) is 24.2 Å². The molecule has 6 nitrogen and oxygen atoms in total. The molecule has 1 N–H and O–H groups in total. The Balaban J connectivity index is 1.99. The number of rotatable bonds is 5. The average molecular weight is 246 g/mol. The van der Waals surface area contributed by atoms with Crippen LogP contribution in [0.15, 0.2) is 24.3 Å². The first kappa shape index (κ1) is 12.2. The SMILES string of the molecule is Cc1ccc(CCc2nnnn2CC(=O)O)cc1. The number of hydrogen-bond donors (Lipinski definition) is 1. The van der Waals surface area contributed by atoms with Crippen LogP contribution in [-0.4, -0.2) is 31.3 Å². The second-order valence-corrected chi connectivity index (χ2v) is 4.13. The summed E-state index contributed by atoms with van der Waals surface area (Å²) in [6, 6.07) is 8.21. The van der Waals surface area contributed by atoms with E-state index in [1.807, 2.05) is 6.92 Å². The molecule has 94 valence electrons. The van der Waals surface area contributed by atoms with Gasteiger partial charge in [0.05, 0.1) is 0 Å². The van der Waals surface area contributed by atoms with Crippen molar-refractivity contribution in [2.24, 2.45) is 0 Å². The van der Waals surface area contributed by atoms with E-state index in [0.29, 0.717) is 12.2 Å². The molecule has 1 aromatic carbocycles. The molecule has 6 heteroatoms. The molecule has 0 amide bonds. The van der Waals surface area contributed by atoms with Gasteiger partial charge in [-0.2, -0.15) is 0 Å². The summed E-state index contributed by atoms with van der Waals surface area (Å²) in [6.07, 6.45) is 1.42. The average Bonchev–Trinajstić information content (AvgIpc) is 2.75. The van der Waals surface area contributed by atoms with E-state index in [9.17, 15) is 4.79 Å². The first-order valence-corrected chi connectivity index (χ1v) is 5.67. The van der Waals surface area contributed by atoms with Crippen molar-refractivity contribution in [2.75, 3.05) is 0 Å². The van der Waals surface area contributed by atoms with Crippen LogP contribution < -0.4 is 0 Å². The minimum absolute atomic E-state index is 0.198. The van der Waals surface area contributed by atoms with E-state index in [1.165, 1.54) is 15.8 Å². The second kappa shape index (κ2) is 5.39. The highest BCUT2D eigenvalue weighted by molar-refractivity contribution is 5.66. The molecule has 0 unspecified atom stereocenters. The van der Waals surface area contributed by atoms with Gasteiger partial charge in [0, 0.05) is 6.42 Å². The molecular formula is C12H14N4O2. The molecule has 0 atom stereocenters. The largest absolute Gasteiger partial charge is 0.480 e. The number of benzene rings is 1. The lowest BCUT2D eigenvalue weighted by molar-refractivity contribution is -0.138. The van der Waals surface area contributed by atoms with Crippen molar-refractivity contribution in [1.29, 1.82) is 0 Å². The number of carboxylic acids is 1. The third-order valence-electron chi connectivity index (χ3n) is 2.65. The quantitative estimate of drug-likeness (QED) is 0.845. The van der Waals surface area contributed by atoms with E-state index in [2.05, 4.69) is 39.8 Å². The van der Waals surface area contributed by atoms with Gasteiger partial charge in [0.2, 0.25) is 0 Å². The van der Waals surface area contributed by atoms with Gasteiger partial charge in [-0.05, 0) is 29.3 Å². The number of nitrogens with zero attached hydrogens (tertiary/aromatic N) is 4. The zero-order valence-corrected chi connectivity index (χ0v) is 10.1. The third kappa shape index (κ3) is 3.13. The van der Waals surface area contributed by atoms with Gasteiger partial charge in [-0.15, -0.1) is 5.10 Å². The maximum atomic E-state index is 10.6. The van der Waals surface area contributed by atoms with Crippen molar-refractivity contribution in [3.05, 3.63) is 41.2 Å². The Morgan fingerprint density at radius 1 is 1.28 bits per heavy atom. The number of carboxylic acid groups (broad SMARTS) is 1. The van der Waals surface area contributed by atoms with Crippen molar-refractivity contribution < 1.29 is 9.90 Å². The number of tetrazole rings is 1. The number of aromatic nitrogens is 4. The van der Waals surface area contributed by atoms with Crippen LogP contribution >= 0.6 is 0 Å². The summed E-state index contributed by atoms with van der Waals surface area (Å²) in [7, 11) is 0. The van der Waals surface area contributed by atoms with Gasteiger partial charge in [0.25, 0.3) is 0 Å². The Morgan fingerprint density at radius 3 is 2.67 bits per heavy atom. The predicted molar refractivity (Wildman–Crippen MR) is 64.0 cm³/mol. The molecular weight excluding hydrogens is 232 g/mol. The fourth-order valence-corrected chi connectivity index (χ4v) is 1.66. The van der Waals surface area contributed by atoms with Crippen molar-refractivity contribution in [1.82, 2.24) is 20.2 Å². The number of aryl methyl sites for hydroxylation is 3. The van der Waals surface area contributed by atoms with Crippen LogP contribution in [0.2, 0.25) is 0 Å². The summed E-state index contributed by atoms with van der Waals surface area (Å²) < 4.78 is 1.32. The Labute approximate surface area is 104 Å².